The van der Waals surface area contributed by atoms with Crippen LogP contribution in [0, 0.1) is 17.0 Å². The maximum absolute atomic E-state index is 11.7. The van der Waals surface area contributed by atoms with E-state index in [1.165, 1.54) is 12.1 Å². The van der Waals surface area contributed by atoms with Crippen molar-refractivity contribution in [1.29, 1.82) is 0 Å². The van der Waals surface area contributed by atoms with Crippen molar-refractivity contribution in [1.82, 2.24) is 10.2 Å². The van der Waals surface area contributed by atoms with Crippen molar-refractivity contribution in [3.05, 3.63) is 51.7 Å². The number of carbonyl (C=O) groups is 1. The number of aryl methyl sites for hydroxylation is 1. The first-order valence-corrected chi connectivity index (χ1v) is 5.60. The molecule has 0 saturated heterocycles. The number of hydrogen-bond donors (Lipinski definition) is 2. The lowest BCUT2D eigenvalue weighted by Crippen LogP contribution is -2.14. The van der Waals surface area contributed by atoms with Gasteiger partial charge in [0.2, 0.25) is 5.91 Å². The van der Waals surface area contributed by atoms with Crippen LogP contribution in [-0.2, 0) is 11.2 Å². The van der Waals surface area contributed by atoms with Gasteiger partial charge >= 0.3 is 0 Å². The molecule has 7 nitrogen and oxygen atoms in total. The first-order valence-electron chi connectivity index (χ1n) is 5.60. The maximum Gasteiger partial charge on any atom is 0.269 e. The van der Waals surface area contributed by atoms with E-state index in [2.05, 4.69) is 15.5 Å². The van der Waals surface area contributed by atoms with Crippen molar-refractivity contribution in [2.75, 3.05) is 5.32 Å². The molecule has 7 heteroatoms. The zero-order chi connectivity index (χ0) is 13.8. The van der Waals surface area contributed by atoms with Crippen molar-refractivity contribution in [2.24, 2.45) is 0 Å². The number of H-pyrrole nitrogens is 1. The number of benzene rings is 1. The van der Waals surface area contributed by atoms with E-state index >= 15 is 0 Å². The van der Waals surface area contributed by atoms with Crippen molar-refractivity contribution >= 4 is 17.4 Å². The van der Waals surface area contributed by atoms with Crippen molar-refractivity contribution in [3.63, 3.8) is 0 Å². The Bertz CT molecular complexity index is 621. The van der Waals surface area contributed by atoms with Gasteiger partial charge in [-0.15, -0.1) is 0 Å². The van der Waals surface area contributed by atoms with Gasteiger partial charge in [0.25, 0.3) is 5.69 Å². The van der Waals surface area contributed by atoms with Gasteiger partial charge in [0, 0.05) is 23.9 Å². The van der Waals surface area contributed by atoms with E-state index < -0.39 is 4.92 Å². The molecule has 0 atom stereocenters. The van der Waals surface area contributed by atoms with Gasteiger partial charge in [0.1, 0.15) is 0 Å². The van der Waals surface area contributed by atoms with Crippen LogP contribution < -0.4 is 5.32 Å². The van der Waals surface area contributed by atoms with Gasteiger partial charge in [0.15, 0.2) is 5.82 Å². The third-order valence-electron chi connectivity index (χ3n) is 2.46. The molecule has 0 bridgehead atoms. The normalized spacial score (nSPS) is 10.2. The summed E-state index contributed by atoms with van der Waals surface area (Å²) < 4.78 is 0. The predicted octanol–water partition coefficient (Wildman–Crippen LogP) is 1.81. The van der Waals surface area contributed by atoms with Gasteiger partial charge in [-0.3, -0.25) is 20.0 Å². The summed E-state index contributed by atoms with van der Waals surface area (Å²) in [5.74, 6) is 0.167. The average molecular weight is 260 g/mol. The Morgan fingerprint density at radius 1 is 1.47 bits per heavy atom. The molecule has 2 rings (SSSR count). The fraction of sp³-hybridized carbons (Fsp3) is 0.167. The Labute approximate surface area is 108 Å². The average Bonchev–Trinajstić information content (AvgIpc) is 2.74. The van der Waals surface area contributed by atoms with Gasteiger partial charge in [-0.2, -0.15) is 5.10 Å². The SMILES string of the molecule is Cc1cc(NC(=O)Cc2cccc([N+](=O)[O-])c2)n[nH]1. The minimum absolute atomic E-state index is 0.0269. The Morgan fingerprint density at radius 3 is 2.89 bits per heavy atom. The molecule has 98 valence electrons. The summed E-state index contributed by atoms with van der Waals surface area (Å²) >= 11 is 0. The molecule has 1 aromatic heterocycles. The summed E-state index contributed by atoms with van der Waals surface area (Å²) in [6.07, 6.45) is 0.0631. The highest BCUT2D eigenvalue weighted by molar-refractivity contribution is 5.91. The number of non-ortho nitro benzene ring substituents is 1. The number of nitro groups is 1. The Balaban J connectivity index is 2.02. The van der Waals surface area contributed by atoms with Gasteiger partial charge in [-0.05, 0) is 12.5 Å². The van der Waals surface area contributed by atoms with Crippen LogP contribution in [0.3, 0.4) is 0 Å². The van der Waals surface area contributed by atoms with E-state index in [4.69, 9.17) is 0 Å². The highest BCUT2D eigenvalue weighted by atomic mass is 16.6. The van der Waals surface area contributed by atoms with Crippen LogP contribution in [0.15, 0.2) is 30.3 Å². The number of aromatic amines is 1. The lowest BCUT2D eigenvalue weighted by molar-refractivity contribution is -0.384. The zero-order valence-electron chi connectivity index (χ0n) is 10.2. The second kappa shape index (κ2) is 5.30. The molecular formula is C12H12N4O3. The summed E-state index contributed by atoms with van der Waals surface area (Å²) in [6.45, 7) is 1.82. The zero-order valence-corrected chi connectivity index (χ0v) is 10.2. The fourth-order valence-corrected chi connectivity index (χ4v) is 1.63. The summed E-state index contributed by atoms with van der Waals surface area (Å²) in [6, 6.07) is 7.70. The predicted molar refractivity (Wildman–Crippen MR) is 68.8 cm³/mol. The summed E-state index contributed by atoms with van der Waals surface area (Å²) in [7, 11) is 0. The van der Waals surface area contributed by atoms with E-state index in [1.807, 2.05) is 6.92 Å². The van der Waals surface area contributed by atoms with Crippen molar-refractivity contribution < 1.29 is 9.72 Å². The second-order valence-corrected chi connectivity index (χ2v) is 4.09. The molecule has 0 fully saturated rings. The van der Waals surface area contributed by atoms with E-state index in [-0.39, 0.29) is 18.0 Å². The topological polar surface area (TPSA) is 101 Å². The standard InChI is InChI=1S/C12H12N4O3/c1-8-5-11(15-14-8)13-12(17)7-9-3-2-4-10(6-9)16(18)19/h2-6H,7H2,1H3,(H2,13,14,15,17). The Hall–Kier alpha value is -2.70. The molecule has 0 unspecified atom stereocenters. The molecule has 19 heavy (non-hydrogen) atoms. The number of hydrogen-bond acceptors (Lipinski definition) is 4. The van der Waals surface area contributed by atoms with Crippen LogP contribution in [0.25, 0.3) is 0 Å². The summed E-state index contributed by atoms with van der Waals surface area (Å²) in [5.41, 5.74) is 1.39. The number of amides is 1. The molecule has 0 aliphatic heterocycles. The summed E-state index contributed by atoms with van der Waals surface area (Å²) in [4.78, 5) is 21.9. The molecule has 0 radical (unpaired) electrons. The van der Waals surface area contributed by atoms with Gasteiger partial charge in [-0.25, -0.2) is 0 Å². The summed E-state index contributed by atoms with van der Waals surface area (Å²) in [5, 5.41) is 19.8. The molecule has 0 aliphatic carbocycles. The second-order valence-electron chi connectivity index (χ2n) is 4.09. The molecule has 2 aromatic rings. The molecule has 1 aromatic carbocycles. The maximum atomic E-state index is 11.7. The number of anilines is 1. The largest absolute Gasteiger partial charge is 0.309 e. The quantitative estimate of drug-likeness (QED) is 0.646. The first kappa shape index (κ1) is 12.7. The molecule has 2 N–H and O–H groups in total. The molecule has 0 spiro atoms. The Kier molecular flexibility index (Phi) is 3.56. The lowest BCUT2D eigenvalue weighted by atomic mass is 10.1. The number of rotatable bonds is 4. The van der Waals surface area contributed by atoms with Crippen LogP contribution in [0.4, 0.5) is 11.5 Å². The molecule has 1 heterocycles. The lowest BCUT2D eigenvalue weighted by Gasteiger charge is -2.02. The number of nitrogens with one attached hydrogen (secondary N) is 2. The molecule has 0 saturated carbocycles. The number of aromatic nitrogens is 2. The van der Waals surface area contributed by atoms with Gasteiger partial charge < -0.3 is 5.32 Å². The highest BCUT2D eigenvalue weighted by Gasteiger charge is 2.10. The van der Waals surface area contributed by atoms with E-state index in [1.54, 1.807) is 18.2 Å². The van der Waals surface area contributed by atoms with Crippen LogP contribution in [0.1, 0.15) is 11.3 Å². The number of nitro benzene ring substituents is 1. The van der Waals surface area contributed by atoms with Crippen LogP contribution in [-0.4, -0.2) is 21.0 Å². The third kappa shape index (κ3) is 3.38. The monoisotopic (exact) mass is 260 g/mol. The number of carbonyl (C=O) groups excluding carboxylic acids is 1. The minimum Gasteiger partial charge on any atom is -0.309 e. The third-order valence-corrected chi connectivity index (χ3v) is 2.46. The smallest absolute Gasteiger partial charge is 0.269 e. The Morgan fingerprint density at radius 2 is 2.26 bits per heavy atom. The molecule has 0 aliphatic rings. The number of nitrogens with zero attached hydrogens (tertiary/aromatic N) is 2. The first-order chi connectivity index (χ1) is 9.04. The van der Waals surface area contributed by atoms with E-state index in [0.717, 1.165) is 5.69 Å². The van der Waals surface area contributed by atoms with E-state index in [0.29, 0.717) is 11.4 Å². The van der Waals surface area contributed by atoms with Crippen LogP contribution in [0.5, 0.6) is 0 Å². The van der Waals surface area contributed by atoms with Gasteiger partial charge in [0.05, 0.1) is 11.3 Å². The van der Waals surface area contributed by atoms with Crippen LogP contribution >= 0.6 is 0 Å². The van der Waals surface area contributed by atoms with Crippen molar-refractivity contribution in [2.45, 2.75) is 13.3 Å². The minimum atomic E-state index is -0.488. The fourth-order valence-electron chi connectivity index (χ4n) is 1.63. The molecule has 1 amide bonds. The van der Waals surface area contributed by atoms with Crippen molar-refractivity contribution in [3.8, 4) is 0 Å². The van der Waals surface area contributed by atoms with Crippen LogP contribution in [0.2, 0.25) is 0 Å². The molecular weight excluding hydrogens is 248 g/mol. The van der Waals surface area contributed by atoms with E-state index in [9.17, 15) is 14.9 Å². The van der Waals surface area contributed by atoms with Gasteiger partial charge in [-0.1, -0.05) is 12.1 Å². The highest BCUT2D eigenvalue weighted by Crippen LogP contribution is 2.14.